The Labute approximate surface area is 95.7 Å². The third-order valence-electron chi connectivity index (χ3n) is 2.52. The molecule has 1 unspecified atom stereocenters. The van der Waals surface area contributed by atoms with Crippen molar-refractivity contribution in [3.05, 3.63) is 24.3 Å². The fraction of sp³-hybridized carbons (Fsp3) is 0.417. The van der Waals surface area contributed by atoms with E-state index in [-0.39, 0.29) is 17.6 Å². The molecule has 0 fully saturated rings. The lowest BCUT2D eigenvalue weighted by atomic mass is 10.1. The van der Waals surface area contributed by atoms with Crippen LogP contribution in [0.15, 0.2) is 24.3 Å². The first-order chi connectivity index (χ1) is 7.54. The zero-order chi connectivity index (χ0) is 12.1. The Morgan fingerprint density at radius 2 is 2.25 bits per heavy atom. The van der Waals surface area contributed by atoms with Gasteiger partial charge in [0.25, 0.3) is 0 Å². The predicted octanol–water partition coefficient (Wildman–Crippen LogP) is 1.34. The molecule has 4 heteroatoms. The number of carbonyl (C=O) groups excluding carboxylic acids is 1. The summed E-state index contributed by atoms with van der Waals surface area (Å²) in [6, 6.07) is 6.63. The molecule has 0 saturated heterocycles. The van der Waals surface area contributed by atoms with Gasteiger partial charge in [0.15, 0.2) is 0 Å². The van der Waals surface area contributed by atoms with Gasteiger partial charge in [-0.3, -0.25) is 4.79 Å². The van der Waals surface area contributed by atoms with Gasteiger partial charge in [0, 0.05) is 25.2 Å². The Morgan fingerprint density at radius 3 is 2.81 bits per heavy atom. The van der Waals surface area contributed by atoms with Gasteiger partial charge in [0.05, 0.1) is 0 Å². The molecule has 1 rings (SSSR count). The van der Waals surface area contributed by atoms with E-state index in [1.54, 1.807) is 31.3 Å². The minimum atomic E-state index is 0.00329. The van der Waals surface area contributed by atoms with Gasteiger partial charge < -0.3 is 15.7 Å². The summed E-state index contributed by atoms with van der Waals surface area (Å²) >= 11 is 0. The highest BCUT2D eigenvalue weighted by atomic mass is 16.3. The van der Waals surface area contributed by atoms with Gasteiger partial charge in [-0.05, 0) is 24.6 Å². The molecule has 0 radical (unpaired) electrons. The van der Waals surface area contributed by atoms with E-state index in [1.165, 1.54) is 4.90 Å². The van der Waals surface area contributed by atoms with Crippen LogP contribution in [0.5, 0.6) is 5.75 Å². The highest BCUT2D eigenvalue weighted by Gasteiger charge is 2.14. The van der Waals surface area contributed by atoms with Crippen LogP contribution in [0.3, 0.4) is 0 Å². The van der Waals surface area contributed by atoms with Crippen LogP contribution in [-0.4, -0.2) is 24.6 Å². The van der Waals surface area contributed by atoms with Crippen molar-refractivity contribution in [3.8, 4) is 5.75 Å². The van der Waals surface area contributed by atoms with Crippen molar-refractivity contribution in [3.63, 3.8) is 0 Å². The number of benzene rings is 1. The normalized spacial score (nSPS) is 12.2. The highest BCUT2D eigenvalue weighted by molar-refractivity contribution is 5.93. The first-order valence-electron chi connectivity index (χ1n) is 5.30. The molecule has 1 aromatic carbocycles. The van der Waals surface area contributed by atoms with Gasteiger partial charge in [0.2, 0.25) is 5.91 Å². The molecular weight excluding hydrogens is 204 g/mol. The van der Waals surface area contributed by atoms with Gasteiger partial charge in [-0.15, -0.1) is 0 Å². The second-order valence-electron chi connectivity index (χ2n) is 4.02. The summed E-state index contributed by atoms with van der Waals surface area (Å²) in [5, 5.41) is 9.31. The number of phenolic OH excluding ortho intramolecular Hbond substituents is 1. The van der Waals surface area contributed by atoms with Crippen molar-refractivity contribution in [1.82, 2.24) is 0 Å². The third kappa shape index (κ3) is 3.24. The van der Waals surface area contributed by atoms with Crippen molar-refractivity contribution in [2.24, 2.45) is 11.7 Å². The number of phenols is 1. The number of carbonyl (C=O) groups is 1. The number of amides is 1. The summed E-state index contributed by atoms with van der Waals surface area (Å²) in [6.45, 7) is 2.44. The Kier molecular flexibility index (Phi) is 4.31. The summed E-state index contributed by atoms with van der Waals surface area (Å²) < 4.78 is 0. The molecule has 0 aliphatic rings. The minimum absolute atomic E-state index is 0.00329. The van der Waals surface area contributed by atoms with Gasteiger partial charge >= 0.3 is 0 Å². The Balaban J connectivity index is 2.70. The maximum Gasteiger partial charge on any atom is 0.227 e. The van der Waals surface area contributed by atoms with E-state index in [1.807, 2.05) is 6.92 Å². The summed E-state index contributed by atoms with van der Waals surface area (Å²) in [5.41, 5.74) is 6.16. The maximum absolute atomic E-state index is 11.8. The molecule has 0 aromatic heterocycles. The van der Waals surface area contributed by atoms with Crippen LogP contribution < -0.4 is 10.6 Å². The van der Waals surface area contributed by atoms with Gasteiger partial charge in [-0.25, -0.2) is 0 Å². The van der Waals surface area contributed by atoms with Crippen molar-refractivity contribution in [2.75, 3.05) is 18.5 Å². The topological polar surface area (TPSA) is 66.6 Å². The van der Waals surface area contributed by atoms with Crippen LogP contribution in [0.1, 0.15) is 13.3 Å². The number of aromatic hydroxyl groups is 1. The zero-order valence-corrected chi connectivity index (χ0v) is 9.68. The van der Waals surface area contributed by atoms with E-state index in [9.17, 15) is 9.90 Å². The second kappa shape index (κ2) is 5.51. The SMILES string of the molecule is CC(CN)CC(=O)N(C)c1cccc(O)c1. The van der Waals surface area contributed by atoms with Crippen molar-refractivity contribution in [1.29, 1.82) is 0 Å². The first kappa shape index (κ1) is 12.5. The molecule has 0 heterocycles. The average Bonchev–Trinajstić information content (AvgIpc) is 2.27. The van der Waals surface area contributed by atoms with Gasteiger partial charge in [0.1, 0.15) is 5.75 Å². The number of nitrogens with two attached hydrogens (primary N) is 1. The van der Waals surface area contributed by atoms with Crippen LogP contribution in [0.2, 0.25) is 0 Å². The lowest BCUT2D eigenvalue weighted by molar-refractivity contribution is -0.119. The number of hydrogen-bond acceptors (Lipinski definition) is 3. The first-order valence-corrected chi connectivity index (χ1v) is 5.30. The molecule has 4 nitrogen and oxygen atoms in total. The molecule has 1 amide bonds. The lowest BCUT2D eigenvalue weighted by Gasteiger charge is -2.19. The summed E-state index contributed by atoms with van der Waals surface area (Å²) in [7, 11) is 1.69. The van der Waals surface area contributed by atoms with E-state index in [0.29, 0.717) is 18.7 Å². The maximum atomic E-state index is 11.8. The molecule has 0 aliphatic heterocycles. The quantitative estimate of drug-likeness (QED) is 0.808. The molecule has 0 spiro atoms. The second-order valence-corrected chi connectivity index (χ2v) is 4.02. The molecule has 3 N–H and O–H groups in total. The number of rotatable bonds is 4. The Hall–Kier alpha value is -1.55. The molecule has 0 bridgehead atoms. The standard InChI is InChI=1S/C12H18N2O2/c1-9(8-13)6-12(16)14(2)10-4-3-5-11(15)7-10/h3-5,7,9,15H,6,8,13H2,1-2H3. The highest BCUT2D eigenvalue weighted by Crippen LogP contribution is 2.20. The average molecular weight is 222 g/mol. The molecule has 0 saturated carbocycles. The largest absolute Gasteiger partial charge is 0.508 e. The number of anilines is 1. The number of nitrogens with zero attached hydrogens (tertiary/aromatic N) is 1. The minimum Gasteiger partial charge on any atom is -0.508 e. The summed E-state index contributed by atoms with van der Waals surface area (Å²) in [6.07, 6.45) is 0.419. The Morgan fingerprint density at radius 1 is 1.56 bits per heavy atom. The Bertz CT molecular complexity index is 366. The molecule has 16 heavy (non-hydrogen) atoms. The van der Waals surface area contributed by atoms with Crippen LogP contribution in [0.25, 0.3) is 0 Å². The van der Waals surface area contributed by atoms with Crippen LogP contribution in [0, 0.1) is 5.92 Å². The van der Waals surface area contributed by atoms with Crippen LogP contribution >= 0.6 is 0 Å². The monoisotopic (exact) mass is 222 g/mol. The molecular formula is C12H18N2O2. The van der Waals surface area contributed by atoms with Gasteiger partial charge in [-0.2, -0.15) is 0 Å². The summed E-state index contributed by atoms with van der Waals surface area (Å²) in [4.78, 5) is 13.3. The number of hydrogen-bond donors (Lipinski definition) is 2. The smallest absolute Gasteiger partial charge is 0.227 e. The zero-order valence-electron chi connectivity index (χ0n) is 9.68. The van der Waals surface area contributed by atoms with Crippen molar-refractivity contribution < 1.29 is 9.90 Å². The molecule has 1 atom stereocenters. The van der Waals surface area contributed by atoms with Crippen molar-refractivity contribution >= 4 is 11.6 Å². The van der Waals surface area contributed by atoms with E-state index in [2.05, 4.69) is 0 Å². The van der Waals surface area contributed by atoms with Crippen LogP contribution in [-0.2, 0) is 4.79 Å². The fourth-order valence-electron chi connectivity index (χ4n) is 1.36. The van der Waals surface area contributed by atoms with Crippen LogP contribution in [0.4, 0.5) is 5.69 Å². The predicted molar refractivity (Wildman–Crippen MR) is 64.4 cm³/mol. The molecule has 1 aromatic rings. The van der Waals surface area contributed by atoms with E-state index in [0.717, 1.165) is 0 Å². The lowest BCUT2D eigenvalue weighted by Crippen LogP contribution is -2.29. The van der Waals surface area contributed by atoms with Crippen molar-refractivity contribution in [2.45, 2.75) is 13.3 Å². The third-order valence-corrected chi connectivity index (χ3v) is 2.52. The van der Waals surface area contributed by atoms with Gasteiger partial charge in [-0.1, -0.05) is 13.0 Å². The fourth-order valence-corrected chi connectivity index (χ4v) is 1.36. The van der Waals surface area contributed by atoms with E-state index < -0.39 is 0 Å². The van der Waals surface area contributed by atoms with E-state index in [4.69, 9.17) is 5.73 Å². The summed E-state index contributed by atoms with van der Waals surface area (Å²) in [5.74, 6) is 0.333. The van der Waals surface area contributed by atoms with E-state index >= 15 is 0 Å². The molecule has 88 valence electrons. The molecule has 0 aliphatic carbocycles.